The summed E-state index contributed by atoms with van der Waals surface area (Å²) in [5.41, 5.74) is 3.86. The Hall–Kier alpha value is -3.35. The Morgan fingerprint density at radius 1 is 0.727 bits per heavy atom. The van der Waals surface area contributed by atoms with Gasteiger partial charge in [0.1, 0.15) is 12.1 Å². The molecule has 0 bridgehead atoms. The lowest BCUT2D eigenvalue weighted by molar-refractivity contribution is 0.631. The van der Waals surface area contributed by atoms with Crippen LogP contribution in [-0.2, 0) is 0 Å². The Balaban J connectivity index is 0.000000160. The summed E-state index contributed by atoms with van der Waals surface area (Å²) >= 11 is 0. The summed E-state index contributed by atoms with van der Waals surface area (Å²) in [7, 11) is 0. The number of nitrogens with zero attached hydrogens (tertiary/aromatic N) is 5. The second-order valence-electron chi connectivity index (χ2n) is 10.6. The molecule has 7 nitrogen and oxygen atoms in total. The lowest BCUT2D eigenvalue weighted by Gasteiger charge is -2.22. The lowest BCUT2D eigenvalue weighted by atomic mass is 10.1. The molecule has 0 amide bonds. The Kier molecular flexibility index (Phi) is 6.15. The van der Waals surface area contributed by atoms with Crippen LogP contribution in [0.15, 0.2) is 49.1 Å². The molecule has 0 aliphatic heterocycles. The SMILES string of the molecule is CC(C)(C)Nc1ccnc2ncccc12.CC(C)(C)Nc1ncnc2nc(C3CC3)ccc12. The molecule has 33 heavy (non-hydrogen) atoms. The van der Waals surface area contributed by atoms with Crippen molar-refractivity contribution >= 4 is 33.6 Å². The molecule has 0 unspecified atom stereocenters. The molecule has 1 aliphatic carbocycles. The molecular weight excluding hydrogens is 410 g/mol. The summed E-state index contributed by atoms with van der Waals surface area (Å²) in [6, 6.07) is 10.1. The van der Waals surface area contributed by atoms with E-state index in [1.165, 1.54) is 18.5 Å². The highest BCUT2D eigenvalue weighted by atomic mass is 15.1. The van der Waals surface area contributed by atoms with Gasteiger partial charge in [0.25, 0.3) is 0 Å². The minimum atomic E-state index is -0.0174. The molecule has 0 spiro atoms. The van der Waals surface area contributed by atoms with E-state index in [1.54, 1.807) is 18.7 Å². The van der Waals surface area contributed by atoms with Crippen molar-refractivity contribution in [3.05, 3.63) is 54.7 Å². The van der Waals surface area contributed by atoms with Gasteiger partial charge in [0.15, 0.2) is 11.3 Å². The van der Waals surface area contributed by atoms with Crippen molar-refractivity contribution in [2.24, 2.45) is 0 Å². The maximum atomic E-state index is 4.64. The van der Waals surface area contributed by atoms with Crippen LogP contribution in [0, 0.1) is 0 Å². The molecule has 4 aromatic rings. The second kappa shape index (κ2) is 8.89. The molecule has 7 heteroatoms. The molecule has 0 atom stereocenters. The monoisotopic (exact) mass is 443 g/mol. The molecule has 0 radical (unpaired) electrons. The van der Waals surface area contributed by atoms with E-state index in [1.807, 2.05) is 18.2 Å². The van der Waals surface area contributed by atoms with Gasteiger partial charge in [-0.25, -0.2) is 24.9 Å². The maximum absolute atomic E-state index is 4.64. The lowest BCUT2D eigenvalue weighted by Crippen LogP contribution is -2.26. The molecule has 5 rings (SSSR count). The number of hydrogen-bond acceptors (Lipinski definition) is 7. The molecule has 2 N–H and O–H groups in total. The van der Waals surface area contributed by atoms with Crippen molar-refractivity contribution in [2.45, 2.75) is 71.4 Å². The molecule has 0 saturated heterocycles. The van der Waals surface area contributed by atoms with Gasteiger partial charge in [0.2, 0.25) is 0 Å². The van der Waals surface area contributed by atoms with Crippen LogP contribution in [0.3, 0.4) is 0 Å². The van der Waals surface area contributed by atoms with Gasteiger partial charge in [-0.3, -0.25) is 0 Å². The fraction of sp³-hybridized carbons (Fsp3) is 0.423. The van der Waals surface area contributed by atoms with E-state index >= 15 is 0 Å². The molecule has 1 saturated carbocycles. The minimum absolute atomic E-state index is 0.0174. The van der Waals surface area contributed by atoms with Gasteiger partial charge >= 0.3 is 0 Å². The summed E-state index contributed by atoms with van der Waals surface area (Å²) in [5, 5.41) is 8.90. The average Bonchev–Trinajstić information content (AvgIpc) is 3.58. The fourth-order valence-electron chi connectivity index (χ4n) is 3.51. The summed E-state index contributed by atoms with van der Waals surface area (Å²) in [5.74, 6) is 1.52. The number of aromatic nitrogens is 5. The van der Waals surface area contributed by atoms with Crippen LogP contribution < -0.4 is 10.6 Å². The van der Waals surface area contributed by atoms with E-state index in [9.17, 15) is 0 Å². The van der Waals surface area contributed by atoms with Gasteiger partial charge in [-0.15, -0.1) is 0 Å². The van der Waals surface area contributed by atoms with Crippen LogP contribution in [-0.4, -0.2) is 36.0 Å². The van der Waals surface area contributed by atoms with Crippen LogP contribution in [0.4, 0.5) is 11.5 Å². The van der Waals surface area contributed by atoms with Gasteiger partial charge in [0.05, 0.1) is 5.39 Å². The number of anilines is 2. The van der Waals surface area contributed by atoms with E-state index in [0.717, 1.165) is 33.6 Å². The standard InChI is InChI=1S/C14H18N4.C12H15N3/c1-14(2,3)18-13-10-6-7-11(9-4-5-9)17-12(10)15-8-16-13;1-12(2,3)15-10-6-8-14-11-9(10)5-4-7-13-11/h6-9H,4-5H2,1-3H3,(H,15,16,17,18);4-8H,1-3H3,(H,13,14,15). The van der Waals surface area contributed by atoms with E-state index in [-0.39, 0.29) is 11.1 Å². The van der Waals surface area contributed by atoms with Crippen molar-refractivity contribution in [2.75, 3.05) is 10.6 Å². The van der Waals surface area contributed by atoms with E-state index in [2.05, 4.69) is 89.2 Å². The number of hydrogen-bond donors (Lipinski definition) is 2. The zero-order chi connectivity index (χ0) is 23.6. The average molecular weight is 444 g/mol. The third kappa shape index (κ3) is 6.12. The summed E-state index contributed by atoms with van der Waals surface area (Å²) in [4.78, 5) is 21.7. The van der Waals surface area contributed by atoms with Crippen LogP contribution in [0.2, 0.25) is 0 Å². The molecule has 1 fully saturated rings. The predicted molar refractivity (Wildman–Crippen MR) is 136 cm³/mol. The second-order valence-corrected chi connectivity index (χ2v) is 10.6. The van der Waals surface area contributed by atoms with Gasteiger partial charge in [-0.05, 0) is 84.7 Å². The van der Waals surface area contributed by atoms with Crippen molar-refractivity contribution in [3.8, 4) is 0 Å². The third-order valence-corrected chi connectivity index (χ3v) is 5.03. The highest BCUT2D eigenvalue weighted by Gasteiger charge is 2.25. The number of rotatable bonds is 3. The zero-order valence-electron chi connectivity index (χ0n) is 20.3. The van der Waals surface area contributed by atoms with E-state index in [0.29, 0.717) is 5.92 Å². The maximum Gasteiger partial charge on any atom is 0.164 e. The molecule has 4 heterocycles. The molecule has 1 aliphatic rings. The Morgan fingerprint density at radius 3 is 2.15 bits per heavy atom. The number of fused-ring (bicyclic) bond motifs is 2. The topological polar surface area (TPSA) is 88.5 Å². The Labute approximate surface area is 195 Å². The fourth-order valence-corrected chi connectivity index (χ4v) is 3.51. The van der Waals surface area contributed by atoms with Crippen LogP contribution in [0.25, 0.3) is 22.1 Å². The van der Waals surface area contributed by atoms with Crippen LogP contribution >= 0.6 is 0 Å². The first kappa shape index (κ1) is 22.8. The first-order valence-electron chi connectivity index (χ1n) is 11.5. The van der Waals surface area contributed by atoms with Crippen molar-refractivity contribution in [3.63, 3.8) is 0 Å². The molecular formula is C26H33N7. The molecule has 0 aromatic carbocycles. The van der Waals surface area contributed by atoms with Crippen molar-refractivity contribution < 1.29 is 0 Å². The first-order valence-corrected chi connectivity index (χ1v) is 11.5. The Bertz CT molecular complexity index is 1250. The van der Waals surface area contributed by atoms with Gasteiger partial charge < -0.3 is 10.6 Å². The van der Waals surface area contributed by atoms with E-state index in [4.69, 9.17) is 0 Å². The predicted octanol–water partition coefficient (Wildman–Crippen LogP) is 5.95. The summed E-state index contributed by atoms with van der Waals surface area (Å²) in [6.45, 7) is 12.8. The smallest absolute Gasteiger partial charge is 0.164 e. The van der Waals surface area contributed by atoms with E-state index < -0.39 is 0 Å². The summed E-state index contributed by atoms with van der Waals surface area (Å²) in [6.07, 6.45) is 7.65. The zero-order valence-corrected chi connectivity index (χ0v) is 20.3. The Morgan fingerprint density at radius 2 is 1.45 bits per heavy atom. The quantitative estimate of drug-likeness (QED) is 0.404. The largest absolute Gasteiger partial charge is 0.380 e. The van der Waals surface area contributed by atoms with Gasteiger partial charge in [-0.1, -0.05) is 0 Å². The third-order valence-electron chi connectivity index (χ3n) is 5.03. The van der Waals surface area contributed by atoms with Crippen molar-refractivity contribution in [1.29, 1.82) is 0 Å². The number of nitrogens with one attached hydrogen (secondary N) is 2. The number of pyridine rings is 3. The minimum Gasteiger partial charge on any atom is -0.380 e. The molecule has 172 valence electrons. The summed E-state index contributed by atoms with van der Waals surface area (Å²) < 4.78 is 0. The van der Waals surface area contributed by atoms with Crippen LogP contribution in [0.1, 0.15) is 66.0 Å². The first-order chi connectivity index (χ1) is 15.6. The normalized spacial score (nSPS) is 14.0. The highest BCUT2D eigenvalue weighted by molar-refractivity contribution is 5.88. The van der Waals surface area contributed by atoms with Gasteiger partial charge in [-0.2, -0.15) is 0 Å². The molecule has 4 aromatic heterocycles. The highest BCUT2D eigenvalue weighted by Crippen LogP contribution is 2.39. The van der Waals surface area contributed by atoms with Gasteiger partial charge in [0, 0.05) is 46.2 Å². The van der Waals surface area contributed by atoms with Crippen LogP contribution in [0.5, 0.6) is 0 Å². The van der Waals surface area contributed by atoms with Crippen molar-refractivity contribution in [1.82, 2.24) is 24.9 Å².